The third kappa shape index (κ3) is 2.77. The van der Waals surface area contributed by atoms with Gasteiger partial charge in [-0.25, -0.2) is 13.8 Å². The lowest BCUT2D eigenvalue weighted by molar-refractivity contribution is 0.421. The number of aromatic amines is 1. The molecule has 120 valence electrons. The first-order valence-corrected chi connectivity index (χ1v) is 7.67. The van der Waals surface area contributed by atoms with Gasteiger partial charge in [0.1, 0.15) is 5.82 Å². The smallest absolute Gasteiger partial charge is 0.256 e. The molecular formula is C17H15ClF2N2O. The molecule has 2 heterocycles. The number of aryl methyl sites for hydroxylation is 2. The number of ether oxygens (including phenoxy) is 1. The summed E-state index contributed by atoms with van der Waals surface area (Å²) in [6, 6.07) is 2.68. The van der Waals surface area contributed by atoms with Crippen molar-refractivity contribution in [1.82, 2.24) is 9.97 Å². The van der Waals surface area contributed by atoms with Crippen LogP contribution in [0.1, 0.15) is 24.5 Å². The van der Waals surface area contributed by atoms with Gasteiger partial charge >= 0.3 is 0 Å². The molecule has 0 unspecified atom stereocenters. The largest absolute Gasteiger partial charge is 0.434 e. The van der Waals surface area contributed by atoms with Gasteiger partial charge in [-0.3, -0.25) is 0 Å². The molecule has 0 atom stereocenters. The van der Waals surface area contributed by atoms with E-state index in [4.69, 9.17) is 16.3 Å². The van der Waals surface area contributed by atoms with E-state index < -0.39 is 11.6 Å². The Bertz CT molecular complexity index is 877. The van der Waals surface area contributed by atoms with Crippen LogP contribution in [0, 0.1) is 18.6 Å². The maximum absolute atomic E-state index is 14.1. The quantitative estimate of drug-likeness (QED) is 0.678. The van der Waals surface area contributed by atoms with Crippen LogP contribution in [0.3, 0.4) is 0 Å². The molecule has 0 amide bonds. The summed E-state index contributed by atoms with van der Waals surface area (Å²) >= 11 is 6.10. The molecule has 1 aromatic carbocycles. The van der Waals surface area contributed by atoms with Gasteiger partial charge < -0.3 is 9.72 Å². The van der Waals surface area contributed by atoms with Gasteiger partial charge in [-0.05, 0) is 30.5 Å². The Labute approximate surface area is 137 Å². The highest BCUT2D eigenvalue weighted by Crippen LogP contribution is 2.38. The van der Waals surface area contributed by atoms with Crippen molar-refractivity contribution in [3.8, 4) is 11.6 Å². The summed E-state index contributed by atoms with van der Waals surface area (Å²) in [6.07, 6.45) is 4.85. The molecule has 6 heteroatoms. The van der Waals surface area contributed by atoms with Crippen LogP contribution in [-0.2, 0) is 6.42 Å². The Balaban J connectivity index is 2.14. The Hall–Kier alpha value is -2.14. The fraction of sp³-hybridized carbons (Fsp3) is 0.235. The number of nitrogens with zero attached hydrogens (tertiary/aromatic N) is 1. The maximum atomic E-state index is 14.1. The van der Waals surface area contributed by atoms with Crippen molar-refractivity contribution < 1.29 is 13.5 Å². The molecule has 0 aliphatic carbocycles. The first-order valence-electron chi connectivity index (χ1n) is 7.29. The summed E-state index contributed by atoms with van der Waals surface area (Å²) < 4.78 is 33.7. The van der Waals surface area contributed by atoms with Gasteiger partial charge in [-0.15, -0.1) is 0 Å². The van der Waals surface area contributed by atoms with Crippen LogP contribution in [0.15, 0.2) is 24.5 Å². The second-order valence-corrected chi connectivity index (χ2v) is 5.71. The van der Waals surface area contributed by atoms with E-state index in [1.54, 1.807) is 13.1 Å². The van der Waals surface area contributed by atoms with E-state index in [1.165, 1.54) is 12.3 Å². The van der Waals surface area contributed by atoms with E-state index in [1.807, 2.05) is 6.92 Å². The van der Waals surface area contributed by atoms with Gasteiger partial charge in [0.15, 0.2) is 11.6 Å². The molecule has 3 aromatic rings. The summed E-state index contributed by atoms with van der Waals surface area (Å²) in [7, 11) is 0. The van der Waals surface area contributed by atoms with Crippen LogP contribution in [0.25, 0.3) is 10.9 Å². The Morgan fingerprint density at radius 1 is 1.35 bits per heavy atom. The van der Waals surface area contributed by atoms with Crippen LogP contribution in [0.5, 0.6) is 11.6 Å². The maximum Gasteiger partial charge on any atom is 0.256 e. The minimum absolute atomic E-state index is 0.0368. The van der Waals surface area contributed by atoms with Crippen molar-refractivity contribution in [2.24, 2.45) is 0 Å². The molecular weight excluding hydrogens is 322 g/mol. The Kier molecular flexibility index (Phi) is 4.22. The van der Waals surface area contributed by atoms with Gasteiger partial charge in [0.2, 0.25) is 0 Å². The molecule has 0 bridgehead atoms. The third-order valence-electron chi connectivity index (χ3n) is 3.67. The van der Waals surface area contributed by atoms with Crippen molar-refractivity contribution in [3.63, 3.8) is 0 Å². The lowest BCUT2D eigenvalue weighted by Crippen LogP contribution is -1.96. The molecule has 0 spiro atoms. The minimum atomic E-state index is -0.612. The zero-order valence-electron chi connectivity index (χ0n) is 12.7. The molecule has 0 saturated carbocycles. The summed E-state index contributed by atoms with van der Waals surface area (Å²) in [5.41, 5.74) is 1.83. The molecule has 0 saturated heterocycles. The molecule has 3 nitrogen and oxygen atoms in total. The number of hydrogen-bond donors (Lipinski definition) is 1. The zero-order chi connectivity index (χ0) is 16.6. The van der Waals surface area contributed by atoms with E-state index in [-0.39, 0.29) is 16.7 Å². The second-order valence-electron chi connectivity index (χ2n) is 5.33. The van der Waals surface area contributed by atoms with Gasteiger partial charge in [0.25, 0.3) is 5.88 Å². The van der Waals surface area contributed by atoms with Crippen LogP contribution in [0.4, 0.5) is 8.78 Å². The Morgan fingerprint density at radius 3 is 2.87 bits per heavy atom. The molecule has 0 fully saturated rings. The highest BCUT2D eigenvalue weighted by molar-refractivity contribution is 6.36. The lowest BCUT2D eigenvalue weighted by atomic mass is 10.1. The monoisotopic (exact) mass is 336 g/mol. The number of H-pyrrole nitrogens is 1. The Morgan fingerprint density at radius 2 is 2.13 bits per heavy atom. The van der Waals surface area contributed by atoms with E-state index in [0.29, 0.717) is 16.5 Å². The topological polar surface area (TPSA) is 37.9 Å². The predicted octanol–water partition coefficient (Wildman–Crippen LogP) is 5.55. The molecule has 0 aliphatic rings. The molecule has 0 aliphatic heterocycles. The van der Waals surface area contributed by atoms with Crippen LogP contribution >= 0.6 is 11.6 Å². The minimum Gasteiger partial charge on any atom is -0.434 e. The van der Waals surface area contributed by atoms with Crippen molar-refractivity contribution in [3.05, 3.63) is 52.3 Å². The highest BCUT2D eigenvalue weighted by Gasteiger charge is 2.18. The SMILES string of the molecule is CCCc1c[nH]c2c(Oc3nccc(C)c3F)cc(F)c(Cl)c12. The normalized spacial score (nSPS) is 11.2. The van der Waals surface area contributed by atoms with Crippen LogP contribution in [-0.4, -0.2) is 9.97 Å². The average molecular weight is 337 g/mol. The summed E-state index contributed by atoms with van der Waals surface area (Å²) in [4.78, 5) is 6.91. The lowest BCUT2D eigenvalue weighted by Gasteiger charge is -2.10. The van der Waals surface area contributed by atoms with E-state index in [0.717, 1.165) is 24.5 Å². The molecule has 0 radical (unpaired) electrons. The van der Waals surface area contributed by atoms with Gasteiger partial charge in [-0.2, -0.15) is 0 Å². The highest BCUT2D eigenvalue weighted by atomic mass is 35.5. The molecule has 3 rings (SSSR count). The van der Waals surface area contributed by atoms with Gasteiger partial charge in [-0.1, -0.05) is 24.9 Å². The fourth-order valence-electron chi connectivity index (χ4n) is 2.52. The number of nitrogens with one attached hydrogen (secondary N) is 1. The van der Waals surface area contributed by atoms with Gasteiger partial charge in [0.05, 0.1) is 10.5 Å². The van der Waals surface area contributed by atoms with Crippen molar-refractivity contribution in [2.45, 2.75) is 26.7 Å². The van der Waals surface area contributed by atoms with Crippen molar-refractivity contribution in [1.29, 1.82) is 0 Å². The van der Waals surface area contributed by atoms with Crippen LogP contribution < -0.4 is 4.74 Å². The fourth-order valence-corrected chi connectivity index (χ4v) is 2.79. The predicted molar refractivity (Wildman–Crippen MR) is 86.3 cm³/mol. The van der Waals surface area contributed by atoms with Crippen molar-refractivity contribution >= 4 is 22.5 Å². The van der Waals surface area contributed by atoms with E-state index in [9.17, 15) is 8.78 Å². The zero-order valence-corrected chi connectivity index (χ0v) is 13.5. The van der Waals surface area contributed by atoms with E-state index >= 15 is 0 Å². The van der Waals surface area contributed by atoms with Crippen LogP contribution in [0.2, 0.25) is 5.02 Å². The van der Waals surface area contributed by atoms with Gasteiger partial charge in [0, 0.05) is 23.8 Å². The summed E-state index contributed by atoms with van der Waals surface area (Å²) in [6.45, 7) is 3.63. The number of rotatable bonds is 4. The van der Waals surface area contributed by atoms with E-state index in [2.05, 4.69) is 9.97 Å². The molecule has 2 aromatic heterocycles. The average Bonchev–Trinajstić information content (AvgIpc) is 2.94. The number of halogens is 3. The number of aromatic nitrogens is 2. The standard InChI is InChI=1S/C17H15ClF2N2O/c1-3-4-10-8-22-16-12(7-11(19)14(18)13(10)16)23-17-15(20)9(2)5-6-21-17/h5-8,22H,3-4H2,1-2H3. The molecule has 23 heavy (non-hydrogen) atoms. The first-order chi connectivity index (χ1) is 11.0. The molecule has 1 N–H and O–H groups in total. The second kappa shape index (κ2) is 6.16. The third-order valence-corrected chi connectivity index (χ3v) is 4.04. The first kappa shape index (κ1) is 15.7. The summed E-state index contributed by atoms with van der Waals surface area (Å²) in [5.74, 6) is -1.23. The van der Waals surface area contributed by atoms with Crippen molar-refractivity contribution in [2.75, 3.05) is 0 Å². The number of fused-ring (bicyclic) bond motifs is 1. The number of benzene rings is 1. The number of pyridine rings is 1. The summed E-state index contributed by atoms with van der Waals surface area (Å²) in [5, 5.41) is 0.603. The number of hydrogen-bond acceptors (Lipinski definition) is 2.